The number of hydrogen-bond donors (Lipinski definition) is 3. The van der Waals surface area contributed by atoms with E-state index >= 15 is 0 Å². The lowest BCUT2D eigenvalue weighted by Gasteiger charge is -2.32. The highest BCUT2D eigenvalue weighted by Gasteiger charge is 2.48. The first kappa shape index (κ1) is 21.1. The Labute approximate surface area is 144 Å². The maximum atomic E-state index is 12.8. The fourth-order valence-corrected chi connectivity index (χ4v) is 5.64. The van der Waals surface area contributed by atoms with Crippen molar-refractivity contribution in [1.29, 1.82) is 0 Å². The number of sulfone groups is 1. The van der Waals surface area contributed by atoms with Crippen LogP contribution in [0.3, 0.4) is 0 Å². The Kier molecular flexibility index (Phi) is 7.82. The largest absolute Gasteiger partial charge is 0.368 e. The average Bonchev–Trinajstić information content (AvgIpc) is 2.54. The molecule has 0 saturated carbocycles. The molecule has 0 radical (unpaired) electrons. The van der Waals surface area contributed by atoms with Crippen LogP contribution in [0.5, 0.6) is 0 Å². The van der Waals surface area contributed by atoms with Crippen LogP contribution in [0.15, 0.2) is 0 Å². The lowest BCUT2D eigenvalue weighted by atomic mass is 9.82. The summed E-state index contributed by atoms with van der Waals surface area (Å²) in [4.78, 5) is 24.7. The minimum absolute atomic E-state index is 0.422. The number of ketones is 1. The van der Waals surface area contributed by atoms with Crippen molar-refractivity contribution in [3.8, 4) is 0 Å². The molecule has 1 fully saturated rings. The van der Waals surface area contributed by atoms with Gasteiger partial charge in [0, 0.05) is 5.92 Å². The molecule has 1 amide bonds. The van der Waals surface area contributed by atoms with E-state index < -0.39 is 44.0 Å². The molecule has 24 heavy (non-hydrogen) atoms. The van der Waals surface area contributed by atoms with E-state index in [1.807, 2.05) is 13.8 Å². The molecule has 140 valence electrons. The van der Waals surface area contributed by atoms with Crippen LogP contribution in [0.4, 0.5) is 0 Å². The normalized spacial score (nSPS) is 19.2. The van der Waals surface area contributed by atoms with Gasteiger partial charge in [-0.15, -0.1) is 0 Å². The second-order valence-electron chi connectivity index (χ2n) is 6.73. The average molecular weight is 362 g/mol. The van der Waals surface area contributed by atoms with E-state index in [0.29, 0.717) is 51.6 Å². The third-order valence-electron chi connectivity index (χ3n) is 4.75. The monoisotopic (exact) mass is 361 g/mol. The van der Waals surface area contributed by atoms with E-state index in [1.165, 1.54) is 0 Å². The van der Waals surface area contributed by atoms with Crippen LogP contribution in [-0.4, -0.2) is 49.7 Å². The molecule has 0 aromatic carbocycles. The van der Waals surface area contributed by atoms with Gasteiger partial charge in [0.25, 0.3) is 0 Å². The van der Waals surface area contributed by atoms with Crippen molar-refractivity contribution < 1.29 is 18.0 Å². The van der Waals surface area contributed by atoms with Crippen LogP contribution in [0, 0.1) is 5.92 Å². The van der Waals surface area contributed by atoms with Crippen LogP contribution in [0.2, 0.25) is 0 Å². The molecule has 0 spiro atoms. The molecule has 1 unspecified atom stereocenters. The topological polar surface area (TPSA) is 132 Å². The Morgan fingerprint density at radius 3 is 2.08 bits per heavy atom. The maximum absolute atomic E-state index is 12.8. The van der Waals surface area contributed by atoms with Crippen LogP contribution < -0.4 is 16.8 Å². The second kappa shape index (κ2) is 8.92. The van der Waals surface area contributed by atoms with E-state index in [1.54, 1.807) is 0 Å². The van der Waals surface area contributed by atoms with Gasteiger partial charge in [-0.1, -0.05) is 26.7 Å². The molecular formula is C16H31N3O4S. The summed E-state index contributed by atoms with van der Waals surface area (Å²) in [5.74, 6) is -2.70. The SMILES string of the molecule is CCCC(CCC)S(=O)(=O)CC(N)(C(N)=O)C(=O)C1CCNCC1. The fraction of sp³-hybridized carbons (Fsp3) is 0.875. The number of carbonyl (C=O) groups is 2. The van der Waals surface area contributed by atoms with E-state index in [-0.39, 0.29) is 0 Å². The highest BCUT2D eigenvalue weighted by molar-refractivity contribution is 7.92. The van der Waals surface area contributed by atoms with Gasteiger partial charge >= 0.3 is 0 Å². The van der Waals surface area contributed by atoms with Crippen molar-refractivity contribution in [3.63, 3.8) is 0 Å². The lowest BCUT2D eigenvalue weighted by molar-refractivity contribution is -0.136. The summed E-state index contributed by atoms with van der Waals surface area (Å²) in [5.41, 5.74) is 9.24. The number of nitrogens with two attached hydrogens (primary N) is 2. The summed E-state index contributed by atoms with van der Waals surface area (Å²) >= 11 is 0. The number of nitrogens with one attached hydrogen (secondary N) is 1. The summed E-state index contributed by atoms with van der Waals surface area (Å²) in [7, 11) is -3.70. The van der Waals surface area contributed by atoms with Gasteiger partial charge in [-0.05, 0) is 38.8 Å². The van der Waals surface area contributed by atoms with Crippen molar-refractivity contribution >= 4 is 21.5 Å². The Balaban J connectivity index is 3.05. The molecule has 0 bridgehead atoms. The number of carbonyl (C=O) groups excluding carboxylic acids is 2. The van der Waals surface area contributed by atoms with E-state index in [2.05, 4.69) is 5.32 Å². The summed E-state index contributed by atoms with van der Waals surface area (Å²) in [6.07, 6.45) is 3.48. The third kappa shape index (κ3) is 5.00. The standard InChI is InChI=1S/C16H31N3O4S/c1-3-5-13(6-4-2)24(22,23)11-16(18,15(17)21)14(20)12-7-9-19-10-8-12/h12-13,19H,3-11,18H2,1-2H3,(H2,17,21). The van der Waals surface area contributed by atoms with E-state index in [9.17, 15) is 18.0 Å². The quantitative estimate of drug-likeness (QED) is 0.474. The third-order valence-corrected chi connectivity index (χ3v) is 7.09. The van der Waals surface area contributed by atoms with Crippen molar-refractivity contribution in [2.24, 2.45) is 17.4 Å². The van der Waals surface area contributed by atoms with Crippen LogP contribution in [0.1, 0.15) is 52.4 Å². The van der Waals surface area contributed by atoms with Gasteiger partial charge in [-0.2, -0.15) is 0 Å². The Hall–Kier alpha value is -0.990. The van der Waals surface area contributed by atoms with Crippen molar-refractivity contribution in [2.45, 2.75) is 63.2 Å². The highest BCUT2D eigenvalue weighted by Crippen LogP contribution is 2.24. The predicted molar refractivity (Wildman–Crippen MR) is 94.1 cm³/mol. The minimum Gasteiger partial charge on any atom is -0.368 e. The number of primary amides is 1. The molecule has 1 aliphatic heterocycles. The van der Waals surface area contributed by atoms with E-state index in [0.717, 1.165) is 0 Å². The Morgan fingerprint density at radius 2 is 1.67 bits per heavy atom. The van der Waals surface area contributed by atoms with Crippen LogP contribution in [0.25, 0.3) is 0 Å². The van der Waals surface area contributed by atoms with Crippen molar-refractivity contribution in [3.05, 3.63) is 0 Å². The van der Waals surface area contributed by atoms with Gasteiger partial charge in [0.15, 0.2) is 21.2 Å². The smallest absolute Gasteiger partial charge is 0.246 e. The van der Waals surface area contributed by atoms with Crippen LogP contribution in [-0.2, 0) is 19.4 Å². The first-order chi connectivity index (χ1) is 11.2. The molecule has 1 aliphatic rings. The summed E-state index contributed by atoms with van der Waals surface area (Å²) in [6.45, 7) is 5.10. The van der Waals surface area contributed by atoms with Crippen LogP contribution >= 0.6 is 0 Å². The van der Waals surface area contributed by atoms with Gasteiger partial charge in [-0.25, -0.2) is 8.42 Å². The van der Waals surface area contributed by atoms with E-state index in [4.69, 9.17) is 11.5 Å². The maximum Gasteiger partial charge on any atom is 0.246 e. The molecule has 1 saturated heterocycles. The molecule has 7 nitrogen and oxygen atoms in total. The van der Waals surface area contributed by atoms with Crippen molar-refractivity contribution in [2.75, 3.05) is 18.8 Å². The number of hydrogen-bond acceptors (Lipinski definition) is 6. The number of amides is 1. The van der Waals surface area contributed by atoms with Crippen molar-refractivity contribution in [1.82, 2.24) is 5.32 Å². The molecule has 0 aliphatic carbocycles. The number of rotatable bonds is 10. The van der Waals surface area contributed by atoms with Gasteiger partial charge in [0.1, 0.15) is 0 Å². The molecule has 8 heteroatoms. The molecule has 0 aromatic rings. The minimum atomic E-state index is -3.70. The molecule has 1 rings (SSSR count). The zero-order valence-electron chi connectivity index (χ0n) is 14.7. The fourth-order valence-electron chi connectivity index (χ4n) is 3.29. The lowest BCUT2D eigenvalue weighted by Crippen LogP contribution is -2.65. The predicted octanol–water partition coefficient (Wildman–Crippen LogP) is 0.122. The molecular weight excluding hydrogens is 330 g/mol. The Bertz CT molecular complexity index is 538. The molecule has 1 heterocycles. The summed E-state index contributed by atoms with van der Waals surface area (Å²) < 4.78 is 25.5. The first-order valence-electron chi connectivity index (χ1n) is 8.74. The number of Topliss-reactive ketones (excluding diaryl/α,β-unsaturated/α-hetero) is 1. The summed E-state index contributed by atoms with van der Waals surface area (Å²) in [5, 5.41) is 2.54. The van der Waals surface area contributed by atoms with Gasteiger partial charge < -0.3 is 16.8 Å². The van der Waals surface area contributed by atoms with Gasteiger partial charge in [-0.3, -0.25) is 9.59 Å². The Morgan fingerprint density at radius 1 is 1.17 bits per heavy atom. The first-order valence-corrected chi connectivity index (χ1v) is 10.5. The molecule has 1 atom stereocenters. The highest BCUT2D eigenvalue weighted by atomic mass is 32.2. The van der Waals surface area contributed by atoms with Gasteiger partial charge in [0.05, 0.1) is 11.0 Å². The zero-order chi connectivity index (χ0) is 18.4. The molecule has 0 aromatic heterocycles. The molecule has 5 N–H and O–H groups in total. The zero-order valence-corrected chi connectivity index (χ0v) is 15.5. The number of piperidine rings is 1. The summed E-state index contributed by atoms with van der Waals surface area (Å²) in [6, 6.07) is 0. The second-order valence-corrected chi connectivity index (χ2v) is 9.01. The van der Waals surface area contributed by atoms with Gasteiger partial charge in [0.2, 0.25) is 5.91 Å².